The van der Waals surface area contributed by atoms with Crippen LogP contribution in [0.4, 0.5) is 22.0 Å². The van der Waals surface area contributed by atoms with Crippen molar-refractivity contribution in [2.45, 2.75) is 37.6 Å². The molecular weight excluding hydrogens is 515 g/mol. The Bertz CT molecular complexity index is 1300. The molecule has 1 fully saturated rings. The summed E-state index contributed by atoms with van der Waals surface area (Å²) in [6.07, 6.45) is -4.71. The van der Waals surface area contributed by atoms with Gasteiger partial charge in [0.2, 0.25) is 5.82 Å². The molecular formula is C22H18BrF5N2O3. The Morgan fingerprint density at radius 2 is 1.94 bits per heavy atom. The third-order valence-corrected chi connectivity index (χ3v) is 6.72. The van der Waals surface area contributed by atoms with Crippen LogP contribution in [-0.2, 0) is 4.74 Å². The standard InChI is InChI=1S/C22H18BrF5N2O3/c1-9-16(11-4-5-13(24)17(25)18(11)32-3)19(33-21(9,2)22(26,27)28)14-7-15(31)12-6-10(23)8-29-20(12)30-14/h4-9,16,19H,1-3H3,(H,29,30,31)/t9-,16-,19-,21+/m0/s1. The number of nitrogens with zero attached hydrogens (tertiary/aromatic N) is 1. The molecule has 1 N–H and O–H groups in total. The van der Waals surface area contributed by atoms with E-state index in [0.717, 1.165) is 26.2 Å². The van der Waals surface area contributed by atoms with Gasteiger partial charge < -0.3 is 14.5 Å². The van der Waals surface area contributed by atoms with Crippen molar-refractivity contribution < 1.29 is 31.4 Å². The smallest absolute Gasteiger partial charge is 0.417 e. The van der Waals surface area contributed by atoms with Crippen molar-refractivity contribution in [1.82, 2.24) is 9.97 Å². The first-order chi connectivity index (χ1) is 15.4. The summed E-state index contributed by atoms with van der Waals surface area (Å²) in [7, 11) is 1.10. The van der Waals surface area contributed by atoms with Crippen molar-refractivity contribution in [2.24, 2.45) is 5.92 Å². The van der Waals surface area contributed by atoms with E-state index in [1.807, 2.05) is 0 Å². The number of pyridine rings is 2. The Kier molecular flexibility index (Phi) is 5.76. The zero-order valence-corrected chi connectivity index (χ0v) is 19.1. The second kappa shape index (κ2) is 8.05. The van der Waals surface area contributed by atoms with Crippen molar-refractivity contribution >= 4 is 27.0 Å². The van der Waals surface area contributed by atoms with Crippen molar-refractivity contribution in [2.75, 3.05) is 7.11 Å². The van der Waals surface area contributed by atoms with Gasteiger partial charge in [0, 0.05) is 34.1 Å². The second-order valence-electron chi connectivity index (χ2n) is 8.08. The fraction of sp³-hybridized carbons (Fsp3) is 0.364. The van der Waals surface area contributed by atoms with Gasteiger partial charge >= 0.3 is 6.18 Å². The maximum atomic E-state index is 14.5. The van der Waals surface area contributed by atoms with E-state index in [1.54, 1.807) is 0 Å². The molecule has 0 unspecified atom stereocenters. The number of fused-ring (bicyclic) bond motifs is 1. The predicted octanol–water partition coefficient (Wildman–Crippen LogP) is 5.78. The number of nitrogens with one attached hydrogen (secondary N) is 1. The zero-order valence-electron chi connectivity index (χ0n) is 17.6. The zero-order chi connectivity index (χ0) is 24.3. The fourth-order valence-electron chi connectivity index (χ4n) is 4.35. The van der Waals surface area contributed by atoms with E-state index in [-0.39, 0.29) is 22.3 Å². The summed E-state index contributed by atoms with van der Waals surface area (Å²) in [5, 5.41) is 0.222. The monoisotopic (exact) mass is 532 g/mol. The topological polar surface area (TPSA) is 64.2 Å². The SMILES string of the molecule is COc1c([C@H]2[C@H](c3cc(=O)c4cc(Br)cnc4[nH]3)O[C@@](C)(C(F)(F)F)[C@H]2C)ccc(F)c1F. The Hall–Kier alpha value is -2.53. The lowest BCUT2D eigenvalue weighted by Crippen LogP contribution is -2.46. The first kappa shape index (κ1) is 23.6. The second-order valence-corrected chi connectivity index (χ2v) is 9.00. The van der Waals surface area contributed by atoms with Gasteiger partial charge in [-0.15, -0.1) is 0 Å². The molecule has 176 valence electrons. The number of alkyl halides is 3. The van der Waals surface area contributed by atoms with Crippen LogP contribution in [0, 0.1) is 17.6 Å². The van der Waals surface area contributed by atoms with Gasteiger partial charge in [-0.2, -0.15) is 17.6 Å². The average molecular weight is 533 g/mol. The summed E-state index contributed by atoms with van der Waals surface area (Å²) in [6, 6.07) is 4.65. The van der Waals surface area contributed by atoms with Crippen molar-refractivity contribution in [3.05, 3.63) is 68.1 Å². The number of rotatable bonds is 3. The van der Waals surface area contributed by atoms with Gasteiger partial charge in [-0.05, 0) is 35.0 Å². The molecule has 3 heterocycles. The molecule has 1 saturated heterocycles. The molecule has 3 aromatic rings. The molecule has 0 amide bonds. The van der Waals surface area contributed by atoms with E-state index in [0.29, 0.717) is 4.47 Å². The minimum absolute atomic E-state index is 0.00779. The quantitative estimate of drug-likeness (QED) is 0.434. The predicted molar refractivity (Wildman–Crippen MR) is 113 cm³/mol. The first-order valence-corrected chi connectivity index (χ1v) is 10.6. The van der Waals surface area contributed by atoms with Crippen molar-refractivity contribution in [3.8, 4) is 5.75 Å². The third-order valence-electron chi connectivity index (χ3n) is 6.29. The van der Waals surface area contributed by atoms with Gasteiger partial charge in [-0.25, -0.2) is 9.37 Å². The van der Waals surface area contributed by atoms with Crippen LogP contribution >= 0.6 is 15.9 Å². The van der Waals surface area contributed by atoms with E-state index in [9.17, 15) is 26.7 Å². The number of benzene rings is 1. The van der Waals surface area contributed by atoms with Gasteiger partial charge in [0.1, 0.15) is 11.8 Å². The Morgan fingerprint density at radius 3 is 2.58 bits per heavy atom. The molecule has 0 aliphatic carbocycles. The lowest BCUT2D eigenvalue weighted by Gasteiger charge is -2.32. The fourth-order valence-corrected chi connectivity index (χ4v) is 4.68. The third kappa shape index (κ3) is 3.71. The van der Waals surface area contributed by atoms with Crippen LogP contribution in [0.15, 0.2) is 39.7 Å². The highest BCUT2D eigenvalue weighted by Crippen LogP contribution is 2.59. The van der Waals surface area contributed by atoms with E-state index >= 15 is 0 Å². The van der Waals surface area contributed by atoms with Crippen molar-refractivity contribution in [3.63, 3.8) is 0 Å². The number of aromatic amines is 1. The molecule has 1 aliphatic rings. The number of hydrogen-bond acceptors (Lipinski definition) is 4. The Morgan fingerprint density at radius 1 is 1.24 bits per heavy atom. The number of H-pyrrole nitrogens is 1. The van der Waals surface area contributed by atoms with Crippen LogP contribution < -0.4 is 10.2 Å². The normalized spacial score (nSPS) is 25.5. The molecule has 1 aromatic carbocycles. The molecule has 5 nitrogen and oxygen atoms in total. The number of hydrogen-bond donors (Lipinski definition) is 1. The maximum absolute atomic E-state index is 14.5. The first-order valence-electron chi connectivity index (χ1n) is 9.84. The minimum Gasteiger partial charge on any atom is -0.493 e. The lowest BCUT2D eigenvalue weighted by molar-refractivity contribution is -0.275. The average Bonchev–Trinajstić information content (AvgIpc) is 3.02. The number of halogens is 6. The molecule has 33 heavy (non-hydrogen) atoms. The molecule has 2 aromatic heterocycles. The molecule has 0 radical (unpaired) electrons. The van der Waals surface area contributed by atoms with Gasteiger partial charge in [0.15, 0.2) is 22.6 Å². The van der Waals surface area contributed by atoms with Crippen LogP contribution in [0.1, 0.15) is 37.1 Å². The van der Waals surface area contributed by atoms with E-state index in [4.69, 9.17) is 9.47 Å². The van der Waals surface area contributed by atoms with Crippen LogP contribution in [0.2, 0.25) is 0 Å². The Labute approximate surface area is 193 Å². The highest BCUT2D eigenvalue weighted by Gasteiger charge is 2.65. The summed E-state index contributed by atoms with van der Waals surface area (Å²) in [5.41, 5.74) is -2.96. The van der Waals surface area contributed by atoms with Crippen molar-refractivity contribution in [1.29, 1.82) is 0 Å². The largest absolute Gasteiger partial charge is 0.493 e. The van der Waals surface area contributed by atoms with E-state index in [2.05, 4.69) is 25.9 Å². The van der Waals surface area contributed by atoms with Gasteiger partial charge in [0.05, 0.1) is 18.2 Å². The minimum atomic E-state index is -4.79. The molecule has 11 heteroatoms. The molecule has 4 rings (SSSR count). The molecule has 0 saturated carbocycles. The van der Waals surface area contributed by atoms with E-state index in [1.165, 1.54) is 25.3 Å². The Balaban J connectivity index is 1.96. The lowest BCUT2D eigenvalue weighted by atomic mass is 9.76. The number of aromatic nitrogens is 2. The summed E-state index contributed by atoms with van der Waals surface area (Å²) in [5.74, 6) is -5.42. The molecule has 4 atom stereocenters. The molecule has 0 spiro atoms. The van der Waals surface area contributed by atoms with Crippen LogP contribution in [0.5, 0.6) is 5.75 Å². The maximum Gasteiger partial charge on any atom is 0.417 e. The van der Waals surface area contributed by atoms with Gasteiger partial charge in [-0.3, -0.25) is 4.79 Å². The summed E-state index contributed by atoms with van der Waals surface area (Å²) < 4.78 is 81.7. The van der Waals surface area contributed by atoms with Gasteiger partial charge in [-0.1, -0.05) is 13.0 Å². The van der Waals surface area contributed by atoms with Gasteiger partial charge in [0.25, 0.3) is 0 Å². The van der Waals surface area contributed by atoms with Crippen LogP contribution in [0.3, 0.4) is 0 Å². The molecule has 1 aliphatic heterocycles. The highest BCUT2D eigenvalue weighted by molar-refractivity contribution is 9.10. The number of ether oxygens (including phenoxy) is 2. The summed E-state index contributed by atoms with van der Waals surface area (Å²) in [4.78, 5) is 19.7. The summed E-state index contributed by atoms with van der Waals surface area (Å²) >= 11 is 3.22. The van der Waals surface area contributed by atoms with E-state index < -0.39 is 52.5 Å². The number of methoxy groups -OCH3 is 1. The van der Waals surface area contributed by atoms with Crippen LogP contribution in [0.25, 0.3) is 11.0 Å². The van der Waals surface area contributed by atoms with Crippen LogP contribution in [-0.4, -0.2) is 28.9 Å². The summed E-state index contributed by atoms with van der Waals surface area (Å²) in [6.45, 7) is 2.21. The molecule has 0 bridgehead atoms. The highest BCUT2D eigenvalue weighted by atomic mass is 79.9.